The lowest BCUT2D eigenvalue weighted by Crippen LogP contribution is -2.21. The van der Waals surface area contributed by atoms with Crippen LogP contribution in [0.25, 0.3) is 0 Å². The van der Waals surface area contributed by atoms with Crippen molar-refractivity contribution in [3.05, 3.63) is 53.3 Å². The molecule has 130 valence electrons. The molecule has 1 N–H and O–H groups in total. The lowest BCUT2D eigenvalue weighted by atomic mass is 10.2. The van der Waals surface area contributed by atoms with Crippen molar-refractivity contribution in [1.29, 1.82) is 0 Å². The van der Waals surface area contributed by atoms with Gasteiger partial charge in [-0.1, -0.05) is 0 Å². The summed E-state index contributed by atoms with van der Waals surface area (Å²) < 4.78 is 46.1. The van der Waals surface area contributed by atoms with Crippen LogP contribution in [-0.2, 0) is 10.0 Å². The molecule has 0 saturated carbocycles. The van der Waals surface area contributed by atoms with Crippen molar-refractivity contribution < 1.29 is 22.7 Å². The summed E-state index contributed by atoms with van der Waals surface area (Å²) in [5, 5.41) is 15.0. The normalized spacial score (nSPS) is 15.1. The highest BCUT2D eigenvalue weighted by Crippen LogP contribution is 2.28. The van der Waals surface area contributed by atoms with Crippen LogP contribution in [0.2, 0.25) is 0 Å². The molecule has 2 aromatic carbocycles. The van der Waals surface area contributed by atoms with Gasteiger partial charge in [-0.15, -0.1) is 4.40 Å². The molecule has 2 aromatic rings. The van der Waals surface area contributed by atoms with Crippen LogP contribution in [0, 0.1) is 5.82 Å². The van der Waals surface area contributed by atoms with Crippen molar-refractivity contribution >= 4 is 22.1 Å². The SMILES string of the molecule is COc1cc(/C=N/N(C)C2=NS(=O)(=O)c3cc(F)ccc32)ccc1O. The van der Waals surface area contributed by atoms with Gasteiger partial charge >= 0.3 is 0 Å². The Kier molecular flexibility index (Phi) is 4.17. The van der Waals surface area contributed by atoms with Crippen LogP contribution in [0.15, 0.2) is 50.8 Å². The Hall–Kier alpha value is -2.94. The molecule has 0 unspecified atom stereocenters. The van der Waals surface area contributed by atoms with Crippen molar-refractivity contribution in [2.45, 2.75) is 4.90 Å². The number of sulfonamides is 1. The molecule has 0 fully saturated rings. The summed E-state index contributed by atoms with van der Waals surface area (Å²) in [5.74, 6) is -0.276. The Labute approximate surface area is 143 Å². The quantitative estimate of drug-likeness (QED) is 0.665. The summed E-state index contributed by atoms with van der Waals surface area (Å²) in [4.78, 5) is -0.184. The molecule has 7 nitrogen and oxygen atoms in total. The van der Waals surface area contributed by atoms with Gasteiger partial charge in [-0.2, -0.15) is 13.5 Å². The minimum atomic E-state index is -3.94. The lowest BCUT2D eigenvalue weighted by molar-refractivity contribution is 0.373. The molecular weight excluding hydrogens is 349 g/mol. The van der Waals surface area contributed by atoms with Crippen molar-refractivity contribution in [3.63, 3.8) is 0 Å². The molecule has 1 aliphatic heterocycles. The molecule has 1 heterocycles. The molecule has 1 aliphatic rings. The topological polar surface area (TPSA) is 91.6 Å². The van der Waals surface area contributed by atoms with Gasteiger partial charge < -0.3 is 9.84 Å². The standard InChI is InChI=1S/C16H14FN3O4S/c1-20(18-9-10-3-6-13(21)14(7-10)24-2)16-12-5-4-11(17)8-15(12)25(22,23)19-16/h3-9,21H,1-2H3/b18-9+. The maximum absolute atomic E-state index is 13.3. The highest BCUT2D eigenvalue weighted by Gasteiger charge is 2.31. The molecule has 0 aromatic heterocycles. The summed E-state index contributed by atoms with van der Waals surface area (Å²) in [5.41, 5.74) is 0.909. The molecule has 0 bridgehead atoms. The number of rotatable bonds is 3. The van der Waals surface area contributed by atoms with E-state index in [1.54, 1.807) is 12.1 Å². The molecule has 0 aliphatic carbocycles. The smallest absolute Gasteiger partial charge is 0.285 e. The molecule has 0 saturated heterocycles. The van der Waals surface area contributed by atoms with E-state index < -0.39 is 15.8 Å². The van der Waals surface area contributed by atoms with Gasteiger partial charge in [-0.25, -0.2) is 9.40 Å². The Morgan fingerprint density at radius 3 is 2.76 bits per heavy atom. The van der Waals surface area contributed by atoms with Crippen LogP contribution < -0.4 is 4.74 Å². The average molecular weight is 363 g/mol. The summed E-state index contributed by atoms with van der Waals surface area (Å²) in [6.45, 7) is 0. The van der Waals surface area contributed by atoms with Crippen LogP contribution in [0.5, 0.6) is 11.5 Å². The molecule has 0 radical (unpaired) electrons. The second-order valence-corrected chi connectivity index (χ2v) is 6.80. The van der Waals surface area contributed by atoms with Crippen molar-refractivity contribution in [1.82, 2.24) is 5.01 Å². The maximum Gasteiger partial charge on any atom is 0.285 e. The minimum Gasteiger partial charge on any atom is -0.504 e. The van der Waals surface area contributed by atoms with E-state index in [0.717, 1.165) is 12.1 Å². The van der Waals surface area contributed by atoms with E-state index in [1.807, 2.05) is 0 Å². The fraction of sp³-hybridized carbons (Fsp3) is 0.125. The number of ether oxygens (including phenoxy) is 1. The molecular formula is C16H14FN3O4S. The molecule has 0 atom stereocenters. The predicted octanol–water partition coefficient (Wildman–Crippen LogP) is 1.95. The van der Waals surface area contributed by atoms with Gasteiger partial charge in [-0.3, -0.25) is 0 Å². The first kappa shape index (κ1) is 16.9. The van der Waals surface area contributed by atoms with E-state index in [1.165, 1.54) is 37.5 Å². The summed E-state index contributed by atoms with van der Waals surface area (Å²) in [7, 11) is -0.987. The van der Waals surface area contributed by atoms with Crippen molar-refractivity contribution in [2.24, 2.45) is 9.50 Å². The van der Waals surface area contributed by atoms with Crippen LogP contribution >= 0.6 is 0 Å². The van der Waals surface area contributed by atoms with E-state index in [0.29, 0.717) is 5.56 Å². The number of methoxy groups -OCH3 is 1. The number of nitrogens with zero attached hydrogens (tertiary/aromatic N) is 3. The number of hydrogen-bond donors (Lipinski definition) is 1. The monoisotopic (exact) mass is 363 g/mol. The summed E-state index contributed by atoms with van der Waals surface area (Å²) >= 11 is 0. The largest absolute Gasteiger partial charge is 0.504 e. The van der Waals surface area contributed by atoms with Crippen molar-refractivity contribution in [3.8, 4) is 11.5 Å². The molecule has 0 amide bonds. The van der Waals surface area contributed by atoms with Gasteiger partial charge in [0.1, 0.15) is 10.7 Å². The van der Waals surface area contributed by atoms with Gasteiger partial charge in [0.05, 0.1) is 13.3 Å². The Bertz CT molecular complexity index is 1000. The third kappa shape index (κ3) is 3.18. The molecule has 3 rings (SSSR count). The van der Waals surface area contributed by atoms with E-state index in [2.05, 4.69) is 9.50 Å². The number of halogens is 1. The number of aromatic hydroxyl groups is 1. The highest BCUT2D eigenvalue weighted by atomic mass is 32.2. The molecule has 0 spiro atoms. The third-order valence-electron chi connectivity index (χ3n) is 3.56. The first-order valence-corrected chi connectivity index (χ1v) is 8.55. The van der Waals surface area contributed by atoms with Gasteiger partial charge in [0.15, 0.2) is 17.3 Å². The number of amidine groups is 1. The average Bonchev–Trinajstić information content (AvgIpc) is 2.85. The van der Waals surface area contributed by atoms with Crippen LogP contribution in [0.3, 0.4) is 0 Å². The maximum atomic E-state index is 13.3. The first-order chi connectivity index (χ1) is 11.8. The second-order valence-electron chi connectivity index (χ2n) is 5.23. The van der Waals surface area contributed by atoms with Crippen molar-refractivity contribution in [2.75, 3.05) is 14.2 Å². The highest BCUT2D eigenvalue weighted by molar-refractivity contribution is 7.90. The number of benzene rings is 2. The van der Waals surface area contributed by atoms with E-state index in [9.17, 15) is 17.9 Å². The number of hydrazone groups is 1. The second kappa shape index (κ2) is 6.17. The van der Waals surface area contributed by atoms with E-state index in [-0.39, 0.29) is 27.8 Å². The third-order valence-corrected chi connectivity index (χ3v) is 4.87. The number of phenols is 1. The van der Waals surface area contributed by atoms with Gasteiger partial charge in [0, 0.05) is 12.6 Å². The van der Waals surface area contributed by atoms with Crippen LogP contribution in [0.4, 0.5) is 4.39 Å². The zero-order valence-corrected chi connectivity index (χ0v) is 14.2. The van der Waals surface area contributed by atoms with Gasteiger partial charge in [0.2, 0.25) is 0 Å². The number of phenolic OH excluding ortho intramolecular Hbond substituents is 1. The number of fused-ring (bicyclic) bond motifs is 1. The summed E-state index contributed by atoms with van der Waals surface area (Å²) in [6.07, 6.45) is 1.46. The number of hydrogen-bond acceptors (Lipinski definition) is 6. The van der Waals surface area contributed by atoms with E-state index in [4.69, 9.17) is 4.74 Å². The van der Waals surface area contributed by atoms with Gasteiger partial charge in [-0.05, 0) is 42.0 Å². The minimum absolute atomic E-state index is 0.00443. The Morgan fingerprint density at radius 1 is 1.28 bits per heavy atom. The fourth-order valence-corrected chi connectivity index (χ4v) is 3.56. The van der Waals surface area contributed by atoms with Crippen LogP contribution in [0.1, 0.15) is 11.1 Å². The van der Waals surface area contributed by atoms with Crippen LogP contribution in [-0.4, -0.2) is 44.7 Å². The Balaban J connectivity index is 1.91. The Morgan fingerprint density at radius 2 is 2.04 bits per heavy atom. The lowest BCUT2D eigenvalue weighted by Gasteiger charge is -2.12. The molecule has 25 heavy (non-hydrogen) atoms. The van der Waals surface area contributed by atoms with Gasteiger partial charge in [0.25, 0.3) is 10.0 Å². The molecule has 9 heteroatoms. The van der Waals surface area contributed by atoms with E-state index >= 15 is 0 Å². The first-order valence-electron chi connectivity index (χ1n) is 7.11. The summed E-state index contributed by atoms with van der Waals surface area (Å²) in [6, 6.07) is 8.09. The predicted molar refractivity (Wildman–Crippen MR) is 90.1 cm³/mol. The zero-order chi connectivity index (χ0) is 18.2. The fourth-order valence-electron chi connectivity index (χ4n) is 2.32. The zero-order valence-electron chi connectivity index (χ0n) is 13.3.